The van der Waals surface area contributed by atoms with Crippen LogP contribution < -0.4 is 5.32 Å². The van der Waals surface area contributed by atoms with E-state index in [-0.39, 0.29) is 6.54 Å². The SMILES string of the molecule is C[C@@]1(c2cccs2)NC(=O)N(C[C@H](O)c2cccc(F)c2)C1=O. The summed E-state index contributed by atoms with van der Waals surface area (Å²) in [5, 5.41) is 14.7. The molecule has 1 aliphatic rings. The molecule has 2 atom stereocenters. The van der Waals surface area contributed by atoms with Gasteiger partial charge in [0.25, 0.3) is 5.91 Å². The van der Waals surface area contributed by atoms with Crippen LogP contribution in [0.5, 0.6) is 0 Å². The fraction of sp³-hybridized carbons (Fsp3) is 0.250. The van der Waals surface area contributed by atoms with Crippen LogP contribution in [0.15, 0.2) is 41.8 Å². The van der Waals surface area contributed by atoms with Gasteiger partial charge < -0.3 is 10.4 Å². The Labute approximate surface area is 136 Å². The van der Waals surface area contributed by atoms with E-state index in [2.05, 4.69) is 5.32 Å². The van der Waals surface area contributed by atoms with E-state index in [0.29, 0.717) is 5.56 Å². The van der Waals surface area contributed by atoms with E-state index >= 15 is 0 Å². The van der Waals surface area contributed by atoms with Crippen LogP contribution in [0.4, 0.5) is 9.18 Å². The van der Waals surface area contributed by atoms with Gasteiger partial charge in [-0.05, 0) is 36.1 Å². The minimum Gasteiger partial charge on any atom is -0.387 e. The molecular weight excluding hydrogens is 319 g/mol. The lowest BCUT2D eigenvalue weighted by Gasteiger charge is -2.21. The minimum absolute atomic E-state index is 0.227. The zero-order valence-electron chi connectivity index (χ0n) is 12.3. The number of rotatable bonds is 4. The Morgan fingerprint density at radius 3 is 2.78 bits per heavy atom. The van der Waals surface area contributed by atoms with Crippen LogP contribution in [0.2, 0.25) is 0 Å². The maximum absolute atomic E-state index is 13.2. The third-order valence-electron chi connectivity index (χ3n) is 3.88. The van der Waals surface area contributed by atoms with Gasteiger partial charge in [-0.25, -0.2) is 9.18 Å². The first-order valence-corrected chi connectivity index (χ1v) is 7.91. The second-order valence-corrected chi connectivity index (χ2v) is 6.47. The van der Waals surface area contributed by atoms with Gasteiger partial charge in [0, 0.05) is 4.88 Å². The molecule has 7 heteroatoms. The molecule has 5 nitrogen and oxygen atoms in total. The van der Waals surface area contributed by atoms with Crippen molar-refractivity contribution in [2.24, 2.45) is 0 Å². The molecule has 1 fully saturated rings. The van der Waals surface area contributed by atoms with E-state index in [1.807, 2.05) is 5.38 Å². The van der Waals surface area contributed by atoms with E-state index in [1.165, 1.54) is 29.5 Å². The normalized spacial score (nSPS) is 22.3. The van der Waals surface area contributed by atoms with Gasteiger partial charge in [0.15, 0.2) is 5.54 Å². The Bertz CT molecular complexity index is 750. The molecule has 1 aromatic heterocycles. The van der Waals surface area contributed by atoms with Gasteiger partial charge in [-0.2, -0.15) is 0 Å². The van der Waals surface area contributed by atoms with Crippen molar-refractivity contribution in [3.63, 3.8) is 0 Å². The minimum atomic E-state index is -1.15. The topological polar surface area (TPSA) is 69.6 Å². The number of imide groups is 1. The van der Waals surface area contributed by atoms with Gasteiger partial charge in [-0.15, -0.1) is 11.3 Å². The van der Waals surface area contributed by atoms with Crippen molar-refractivity contribution in [1.82, 2.24) is 10.2 Å². The number of thiophene rings is 1. The summed E-state index contributed by atoms with van der Waals surface area (Å²) >= 11 is 1.37. The monoisotopic (exact) mass is 334 g/mol. The number of amides is 3. The summed E-state index contributed by atoms with van der Waals surface area (Å²) in [7, 11) is 0. The molecular formula is C16H15FN2O3S. The number of benzene rings is 1. The molecule has 0 spiro atoms. The average Bonchev–Trinajstić information content (AvgIpc) is 3.12. The highest BCUT2D eigenvalue weighted by Gasteiger charge is 2.50. The highest BCUT2D eigenvalue weighted by atomic mass is 32.1. The lowest BCUT2D eigenvalue weighted by Crippen LogP contribution is -2.40. The lowest BCUT2D eigenvalue weighted by molar-refractivity contribution is -0.132. The molecule has 0 unspecified atom stereocenters. The molecule has 0 radical (unpaired) electrons. The van der Waals surface area contributed by atoms with Crippen LogP contribution in [0.3, 0.4) is 0 Å². The Morgan fingerprint density at radius 1 is 1.35 bits per heavy atom. The van der Waals surface area contributed by atoms with E-state index in [4.69, 9.17) is 0 Å². The van der Waals surface area contributed by atoms with Gasteiger partial charge in [0.1, 0.15) is 5.82 Å². The Balaban J connectivity index is 1.81. The average molecular weight is 334 g/mol. The van der Waals surface area contributed by atoms with E-state index in [0.717, 1.165) is 9.78 Å². The van der Waals surface area contributed by atoms with Crippen molar-refractivity contribution in [3.05, 3.63) is 58.0 Å². The number of hydrogen-bond acceptors (Lipinski definition) is 4. The Hall–Kier alpha value is -2.25. The Kier molecular flexibility index (Phi) is 3.91. The first kappa shape index (κ1) is 15.6. The summed E-state index contributed by atoms with van der Waals surface area (Å²) in [5.41, 5.74) is -0.817. The van der Waals surface area contributed by atoms with E-state index in [9.17, 15) is 19.1 Å². The number of urea groups is 1. The molecule has 0 saturated carbocycles. The van der Waals surface area contributed by atoms with Crippen molar-refractivity contribution in [2.75, 3.05) is 6.54 Å². The number of nitrogens with zero attached hydrogens (tertiary/aromatic N) is 1. The molecule has 120 valence electrons. The molecule has 2 heterocycles. The number of aliphatic hydroxyl groups is 1. The van der Waals surface area contributed by atoms with Crippen molar-refractivity contribution in [1.29, 1.82) is 0 Å². The summed E-state index contributed by atoms with van der Waals surface area (Å²) in [6.07, 6.45) is -1.15. The first-order valence-electron chi connectivity index (χ1n) is 7.03. The third-order valence-corrected chi connectivity index (χ3v) is 4.97. The van der Waals surface area contributed by atoms with Crippen molar-refractivity contribution < 1.29 is 19.1 Å². The lowest BCUT2D eigenvalue weighted by atomic mass is 10.0. The highest BCUT2D eigenvalue weighted by Crippen LogP contribution is 2.32. The first-order chi connectivity index (χ1) is 10.9. The molecule has 23 heavy (non-hydrogen) atoms. The second kappa shape index (κ2) is 5.75. The van der Waals surface area contributed by atoms with Crippen LogP contribution in [0, 0.1) is 5.82 Å². The summed E-state index contributed by atoms with van der Waals surface area (Å²) < 4.78 is 13.2. The Morgan fingerprint density at radius 2 is 2.13 bits per heavy atom. The maximum Gasteiger partial charge on any atom is 0.325 e. The number of β-amino-alcohol motifs (C(OH)–C–C–N with tert-alkyl or cyclic N) is 1. The molecule has 2 aromatic rings. The number of nitrogens with one attached hydrogen (secondary N) is 1. The number of carbonyl (C=O) groups excluding carboxylic acids is 2. The molecule has 1 saturated heterocycles. The molecule has 1 aliphatic heterocycles. The van der Waals surface area contributed by atoms with Gasteiger partial charge in [-0.1, -0.05) is 18.2 Å². The fourth-order valence-corrected chi connectivity index (χ4v) is 3.42. The van der Waals surface area contributed by atoms with E-state index in [1.54, 1.807) is 25.1 Å². The molecule has 3 amide bonds. The fourth-order valence-electron chi connectivity index (χ4n) is 2.59. The second-order valence-electron chi connectivity index (χ2n) is 5.52. The van der Waals surface area contributed by atoms with Gasteiger partial charge >= 0.3 is 6.03 Å². The van der Waals surface area contributed by atoms with Gasteiger partial charge in [0.2, 0.25) is 0 Å². The predicted octanol–water partition coefficient (Wildman–Crippen LogP) is 2.39. The summed E-state index contributed by atoms with van der Waals surface area (Å²) in [4.78, 5) is 26.5. The van der Waals surface area contributed by atoms with Gasteiger partial charge in [0.05, 0.1) is 12.6 Å². The van der Waals surface area contributed by atoms with Crippen LogP contribution in [-0.4, -0.2) is 28.5 Å². The van der Waals surface area contributed by atoms with Crippen LogP contribution in [0.1, 0.15) is 23.5 Å². The van der Waals surface area contributed by atoms with E-state index < -0.39 is 29.4 Å². The smallest absolute Gasteiger partial charge is 0.325 e. The largest absolute Gasteiger partial charge is 0.387 e. The number of hydrogen-bond donors (Lipinski definition) is 2. The van der Waals surface area contributed by atoms with Crippen LogP contribution in [-0.2, 0) is 10.3 Å². The highest BCUT2D eigenvalue weighted by molar-refractivity contribution is 7.10. The van der Waals surface area contributed by atoms with Crippen LogP contribution >= 0.6 is 11.3 Å². The predicted molar refractivity (Wildman–Crippen MR) is 83.3 cm³/mol. The molecule has 2 N–H and O–H groups in total. The summed E-state index contributed by atoms with van der Waals surface area (Å²) in [6.45, 7) is 1.41. The molecule has 3 rings (SSSR count). The van der Waals surface area contributed by atoms with Gasteiger partial charge in [-0.3, -0.25) is 9.69 Å². The summed E-state index contributed by atoms with van der Waals surface area (Å²) in [5.74, 6) is -0.914. The van der Waals surface area contributed by atoms with Crippen molar-refractivity contribution in [3.8, 4) is 0 Å². The van der Waals surface area contributed by atoms with Crippen molar-refractivity contribution >= 4 is 23.3 Å². The summed E-state index contributed by atoms with van der Waals surface area (Å²) in [6, 6.07) is 8.46. The zero-order chi connectivity index (χ0) is 16.6. The molecule has 0 bridgehead atoms. The third kappa shape index (κ3) is 2.73. The van der Waals surface area contributed by atoms with Crippen molar-refractivity contribution in [2.45, 2.75) is 18.6 Å². The number of aliphatic hydroxyl groups excluding tert-OH is 1. The quantitative estimate of drug-likeness (QED) is 0.844. The standard InChI is InChI=1S/C16H15FN2O3S/c1-16(13-6-3-7-23-13)14(21)19(15(22)18-16)9-12(20)10-4-2-5-11(17)8-10/h2-8,12,20H,9H2,1H3,(H,18,22)/t12-,16-/m0/s1. The molecule has 0 aliphatic carbocycles. The maximum atomic E-state index is 13.2. The zero-order valence-corrected chi connectivity index (χ0v) is 13.1. The number of carbonyl (C=O) groups is 2. The molecule has 1 aromatic carbocycles. The van der Waals surface area contributed by atoms with Crippen LogP contribution in [0.25, 0.3) is 0 Å². The number of halogens is 1.